The maximum atomic E-state index is 11.6. The molecule has 0 aromatic carbocycles. The fraction of sp³-hybridized carbons (Fsp3) is 0.875. The topological polar surface area (TPSA) is 38.8 Å². The van der Waals surface area contributed by atoms with Crippen molar-refractivity contribution in [3.63, 3.8) is 0 Å². The van der Waals surface area contributed by atoms with Gasteiger partial charge in [0.25, 0.3) is 0 Å². The molecule has 6 heteroatoms. The molecule has 2 atom stereocenters. The fourth-order valence-corrected chi connectivity index (χ4v) is 1.10. The molecule has 3 nitrogen and oxygen atoms in total. The molecule has 1 saturated heterocycles. The third-order valence-corrected chi connectivity index (χ3v) is 1.87. The van der Waals surface area contributed by atoms with Gasteiger partial charge in [-0.1, -0.05) is 13.3 Å². The molecule has 1 aliphatic rings. The number of ether oxygens (including phenoxy) is 2. The number of hydrogen-bond donors (Lipinski definition) is 0. The summed E-state index contributed by atoms with van der Waals surface area (Å²) in [5.74, 6) is -2.15. The Labute approximate surface area is 79.2 Å². The molecular formula is C8H11F3O3. The van der Waals surface area contributed by atoms with Crippen LogP contribution in [0.2, 0.25) is 0 Å². The average molecular weight is 212 g/mol. The van der Waals surface area contributed by atoms with Crippen LogP contribution in [0, 0.1) is 0 Å². The molecule has 0 N–H and O–H groups in total. The number of esters is 1. The highest BCUT2D eigenvalue weighted by Crippen LogP contribution is 2.27. The molecule has 1 rings (SSSR count). The third-order valence-electron chi connectivity index (χ3n) is 1.87. The zero-order valence-corrected chi connectivity index (χ0v) is 7.63. The molecule has 82 valence electrons. The van der Waals surface area contributed by atoms with E-state index >= 15 is 0 Å². The summed E-state index contributed by atoms with van der Waals surface area (Å²) < 4.78 is 43.9. The number of rotatable bonds is 4. The minimum Gasteiger partial charge on any atom is -0.456 e. The number of carbonyl (C=O) groups is 1. The van der Waals surface area contributed by atoms with Crippen molar-refractivity contribution in [1.29, 1.82) is 0 Å². The van der Waals surface area contributed by atoms with E-state index in [0.29, 0.717) is 0 Å². The Kier molecular flexibility index (Phi) is 3.36. The molecular weight excluding hydrogens is 201 g/mol. The zero-order chi connectivity index (χ0) is 10.8. The maximum Gasteiger partial charge on any atom is 0.490 e. The molecule has 0 bridgehead atoms. The summed E-state index contributed by atoms with van der Waals surface area (Å²) in [6, 6.07) is 0. The van der Waals surface area contributed by atoms with E-state index in [4.69, 9.17) is 4.74 Å². The van der Waals surface area contributed by atoms with Crippen molar-refractivity contribution >= 4 is 5.97 Å². The quantitative estimate of drug-likeness (QED) is 0.525. The minimum atomic E-state index is -4.91. The number of alkyl halides is 3. The van der Waals surface area contributed by atoms with Crippen LogP contribution in [0.5, 0.6) is 0 Å². The van der Waals surface area contributed by atoms with Crippen molar-refractivity contribution in [2.75, 3.05) is 6.61 Å². The van der Waals surface area contributed by atoms with Crippen molar-refractivity contribution in [1.82, 2.24) is 0 Å². The summed E-state index contributed by atoms with van der Waals surface area (Å²) in [4.78, 5) is 10.3. The summed E-state index contributed by atoms with van der Waals surface area (Å²) in [5.41, 5.74) is 0. The van der Waals surface area contributed by atoms with Gasteiger partial charge >= 0.3 is 12.1 Å². The molecule has 0 aromatic rings. The Bertz CT molecular complexity index is 214. The van der Waals surface area contributed by atoms with Crippen LogP contribution < -0.4 is 0 Å². The predicted molar refractivity (Wildman–Crippen MR) is 40.6 cm³/mol. The molecule has 1 aliphatic heterocycles. The summed E-state index contributed by atoms with van der Waals surface area (Å²) >= 11 is 0. The molecule has 0 radical (unpaired) electrons. The first kappa shape index (κ1) is 11.3. The van der Waals surface area contributed by atoms with Crippen molar-refractivity contribution in [3.8, 4) is 0 Å². The molecule has 0 aromatic heterocycles. The number of hydrogen-bond acceptors (Lipinski definition) is 3. The van der Waals surface area contributed by atoms with Gasteiger partial charge < -0.3 is 9.47 Å². The first-order valence-electron chi connectivity index (χ1n) is 4.34. The fourth-order valence-electron chi connectivity index (χ4n) is 1.10. The van der Waals surface area contributed by atoms with Gasteiger partial charge in [-0.15, -0.1) is 0 Å². The second-order valence-electron chi connectivity index (χ2n) is 3.10. The average Bonchev–Trinajstić information content (AvgIpc) is 2.78. The molecule has 1 fully saturated rings. The minimum absolute atomic E-state index is 0.0407. The van der Waals surface area contributed by atoms with E-state index in [1.54, 1.807) is 0 Å². The van der Waals surface area contributed by atoms with Crippen molar-refractivity contribution < 1.29 is 27.4 Å². The highest BCUT2D eigenvalue weighted by Gasteiger charge is 2.44. The van der Waals surface area contributed by atoms with Crippen molar-refractivity contribution in [2.24, 2.45) is 0 Å². The van der Waals surface area contributed by atoms with Crippen LogP contribution in [0.3, 0.4) is 0 Å². The van der Waals surface area contributed by atoms with Gasteiger partial charge in [-0.2, -0.15) is 13.2 Å². The lowest BCUT2D eigenvalue weighted by atomic mass is 10.2. The number of epoxide rings is 1. The van der Waals surface area contributed by atoms with Crippen LogP contribution >= 0.6 is 0 Å². The van der Waals surface area contributed by atoms with E-state index in [1.807, 2.05) is 6.92 Å². The van der Waals surface area contributed by atoms with E-state index in [2.05, 4.69) is 4.74 Å². The van der Waals surface area contributed by atoms with E-state index in [1.165, 1.54) is 0 Å². The van der Waals surface area contributed by atoms with Gasteiger partial charge in [0, 0.05) is 0 Å². The van der Waals surface area contributed by atoms with Gasteiger partial charge in [0.05, 0.1) is 6.10 Å². The van der Waals surface area contributed by atoms with Crippen LogP contribution in [0.4, 0.5) is 13.2 Å². The van der Waals surface area contributed by atoms with Crippen LogP contribution in [-0.2, 0) is 14.3 Å². The maximum absolute atomic E-state index is 11.6. The predicted octanol–water partition coefficient (Wildman–Crippen LogP) is 1.66. The molecule has 0 spiro atoms. The van der Waals surface area contributed by atoms with Crippen LogP contribution in [0.15, 0.2) is 0 Å². The summed E-state index contributed by atoms with van der Waals surface area (Å²) in [5, 5.41) is 0. The van der Waals surface area contributed by atoms with Gasteiger partial charge in [0.15, 0.2) is 0 Å². The molecule has 0 amide bonds. The van der Waals surface area contributed by atoms with Crippen molar-refractivity contribution in [2.45, 2.75) is 38.1 Å². The molecule has 0 saturated carbocycles. The summed E-state index contributed by atoms with van der Waals surface area (Å²) in [6.07, 6.45) is -3.61. The standard InChI is InChI=1S/C8H11F3O3/c1-2-3-5-6(14-5)4-13-7(12)8(9,10)11/h5-6H,2-4H2,1H3/t5-,6-/m0/s1. The highest BCUT2D eigenvalue weighted by atomic mass is 19.4. The van der Waals surface area contributed by atoms with Gasteiger partial charge in [0.1, 0.15) is 12.7 Å². The lowest BCUT2D eigenvalue weighted by molar-refractivity contribution is -0.200. The first-order chi connectivity index (χ1) is 6.45. The SMILES string of the molecule is CCC[C@@H]1O[C@H]1COC(=O)C(F)(F)F. The molecule has 0 unspecified atom stereocenters. The lowest BCUT2D eigenvalue weighted by Crippen LogP contribution is -2.27. The van der Waals surface area contributed by atoms with Crippen molar-refractivity contribution in [3.05, 3.63) is 0 Å². The second kappa shape index (κ2) is 4.16. The molecule has 1 heterocycles. The van der Waals surface area contributed by atoms with Gasteiger partial charge in [-0.25, -0.2) is 4.79 Å². The smallest absolute Gasteiger partial charge is 0.456 e. The molecule has 0 aliphatic carbocycles. The van der Waals surface area contributed by atoms with E-state index < -0.39 is 12.1 Å². The summed E-state index contributed by atoms with van der Waals surface area (Å²) in [6.45, 7) is 1.64. The Balaban J connectivity index is 2.14. The first-order valence-corrected chi connectivity index (χ1v) is 4.34. The van der Waals surface area contributed by atoms with E-state index in [-0.39, 0.29) is 18.8 Å². The highest BCUT2D eigenvalue weighted by molar-refractivity contribution is 5.75. The van der Waals surface area contributed by atoms with Crippen LogP contribution in [0.1, 0.15) is 19.8 Å². The Morgan fingerprint density at radius 1 is 1.43 bits per heavy atom. The van der Waals surface area contributed by atoms with Crippen LogP contribution in [0.25, 0.3) is 0 Å². The molecule has 14 heavy (non-hydrogen) atoms. The Morgan fingerprint density at radius 3 is 2.57 bits per heavy atom. The van der Waals surface area contributed by atoms with E-state index in [9.17, 15) is 18.0 Å². The number of halogens is 3. The second-order valence-corrected chi connectivity index (χ2v) is 3.10. The van der Waals surface area contributed by atoms with E-state index in [0.717, 1.165) is 12.8 Å². The lowest BCUT2D eigenvalue weighted by Gasteiger charge is -2.04. The van der Waals surface area contributed by atoms with Gasteiger partial charge in [-0.3, -0.25) is 0 Å². The van der Waals surface area contributed by atoms with Crippen LogP contribution in [-0.4, -0.2) is 31.0 Å². The zero-order valence-electron chi connectivity index (χ0n) is 7.63. The largest absolute Gasteiger partial charge is 0.490 e. The van der Waals surface area contributed by atoms with Gasteiger partial charge in [-0.05, 0) is 6.42 Å². The number of carbonyl (C=O) groups excluding carboxylic acids is 1. The normalized spacial score (nSPS) is 26.0. The third kappa shape index (κ3) is 3.17. The monoisotopic (exact) mass is 212 g/mol. The van der Waals surface area contributed by atoms with Gasteiger partial charge in [0.2, 0.25) is 0 Å². The summed E-state index contributed by atoms with van der Waals surface area (Å²) in [7, 11) is 0. The Hall–Kier alpha value is -0.780. The Morgan fingerprint density at radius 2 is 2.07 bits per heavy atom.